The number of aliphatic hydroxyl groups is 1. The molecule has 2 fully saturated rings. The van der Waals surface area contributed by atoms with Gasteiger partial charge in [0.25, 0.3) is 0 Å². The molecule has 1 aliphatic carbocycles. The zero-order valence-corrected chi connectivity index (χ0v) is 11.6. The van der Waals surface area contributed by atoms with Crippen molar-refractivity contribution in [2.75, 3.05) is 33.4 Å². The summed E-state index contributed by atoms with van der Waals surface area (Å²) in [6, 6.07) is 0.951. The van der Waals surface area contributed by atoms with E-state index in [1.54, 1.807) is 7.11 Å². The minimum atomic E-state index is -0.142. The van der Waals surface area contributed by atoms with Crippen LogP contribution in [0, 0.1) is 0 Å². The first kappa shape index (κ1) is 14.3. The van der Waals surface area contributed by atoms with E-state index in [0.29, 0.717) is 12.1 Å². The molecule has 1 heterocycles. The summed E-state index contributed by atoms with van der Waals surface area (Å²) in [4.78, 5) is 2.45. The molecule has 3 atom stereocenters. The predicted molar refractivity (Wildman–Crippen MR) is 72.7 cm³/mol. The first-order valence-corrected chi connectivity index (χ1v) is 7.45. The molecule has 0 spiro atoms. The van der Waals surface area contributed by atoms with Gasteiger partial charge in [-0.25, -0.2) is 0 Å². The normalized spacial score (nSPS) is 33.2. The van der Waals surface area contributed by atoms with Crippen molar-refractivity contribution >= 4 is 0 Å². The van der Waals surface area contributed by atoms with Gasteiger partial charge in [-0.15, -0.1) is 0 Å². The molecule has 1 saturated heterocycles. The molecular formula is C14H28N2O2. The van der Waals surface area contributed by atoms with Crippen molar-refractivity contribution in [2.45, 2.75) is 56.7 Å². The third-order valence-corrected chi connectivity index (χ3v) is 4.36. The number of nitrogens with one attached hydrogen (secondary N) is 1. The first-order valence-electron chi connectivity index (χ1n) is 7.45. The SMILES string of the molecule is COCCN(CC1CCCN1)C1CCCCC1O. The average Bonchev–Trinajstić information content (AvgIpc) is 2.88. The van der Waals surface area contributed by atoms with Crippen LogP contribution in [-0.4, -0.2) is 61.5 Å². The minimum Gasteiger partial charge on any atom is -0.391 e. The van der Waals surface area contributed by atoms with E-state index in [0.717, 1.165) is 39.1 Å². The van der Waals surface area contributed by atoms with Crippen LogP contribution >= 0.6 is 0 Å². The van der Waals surface area contributed by atoms with Gasteiger partial charge < -0.3 is 15.2 Å². The van der Waals surface area contributed by atoms with E-state index in [1.165, 1.54) is 25.7 Å². The molecule has 1 saturated carbocycles. The molecule has 2 N–H and O–H groups in total. The van der Waals surface area contributed by atoms with Crippen LogP contribution in [0.4, 0.5) is 0 Å². The lowest BCUT2D eigenvalue weighted by atomic mass is 9.91. The summed E-state index contributed by atoms with van der Waals surface area (Å²) in [7, 11) is 1.75. The fourth-order valence-electron chi connectivity index (χ4n) is 3.31. The predicted octanol–water partition coefficient (Wildman–Crippen LogP) is 0.990. The molecule has 1 aliphatic heterocycles. The summed E-state index contributed by atoms with van der Waals surface area (Å²) < 4.78 is 5.22. The summed E-state index contributed by atoms with van der Waals surface area (Å²) in [5.41, 5.74) is 0. The van der Waals surface area contributed by atoms with Crippen molar-refractivity contribution in [2.24, 2.45) is 0 Å². The molecule has 4 nitrogen and oxygen atoms in total. The Morgan fingerprint density at radius 3 is 2.72 bits per heavy atom. The molecule has 106 valence electrons. The number of ether oxygens (including phenoxy) is 1. The van der Waals surface area contributed by atoms with Crippen LogP contribution in [0.5, 0.6) is 0 Å². The topological polar surface area (TPSA) is 44.7 Å². The number of nitrogens with zero attached hydrogens (tertiary/aromatic N) is 1. The second-order valence-electron chi connectivity index (χ2n) is 5.70. The lowest BCUT2D eigenvalue weighted by molar-refractivity contribution is 0.00554. The second-order valence-corrected chi connectivity index (χ2v) is 5.70. The van der Waals surface area contributed by atoms with Gasteiger partial charge in [-0.05, 0) is 32.2 Å². The molecule has 2 aliphatic rings. The summed E-state index contributed by atoms with van der Waals surface area (Å²) in [6.45, 7) is 3.91. The van der Waals surface area contributed by atoms with Gasteiger partial charge in [0, 0.05) is 32.3 Å². The maximum absolute atomic E-state index is 10.2. The second kappa shape index (κ2) is 7.43. The van der Waals surface area contributed by atoms with Gasteiger partial charge in [0.15, 0.2) is 0 Å². The van der Waals surface area contributed by atoms with Gasteiger partial charge in [-0.1, -0.05) is 12.8 Å². The minimum absolute atomic E-state index is 0.142. The van der Waals surface area contributed by atoms with Crippen LogP contribution in [0.1, 0.15) is 38.5 Å². The summed E-state index contributed by atoms with van der Waals surface area (Å²) >= 11 is 0. The zero-order valence-electron chi connectivity index (χ0n) is 11.6. The van der Waals surface area contributed by atoms with Crippen LogP contribution in [0.3, 0.4) is 0 Å². The molecule has 18 heavy (non-hydrogen) atoms. The molecule has 0 radical (unpaired) electrons. The number of hydrogen-bond donors (Lipinski definition) is 2. The Balaban J connectivity index is 1.89. The van der Waals surface area contributed by atoms with Gasteiger partial charge in [-0.3, -0.25) is 4.90 Å². The van der Waals surface area contributed by atoms with Crippen molar-refractivity contribution in [3.8, 4) is 0 Å². The Morgan fingerprint density at radius 1 is 1.22 bits per heavy atom. The summed E-state index contributed by atoms with van der Waals surface area (Å²) in [5.74, 6) is 0. The molecular weight excluding hydrogens is 228 g/mol. The highest BCUT2D eigenvalue weighted by molar-refractivity contribution is 4.87. The average molecular weight is 256 g/mol. The van der Waals surface area contributed by atoms with Gasteiger partial charge in [0.2, 0.25) is 0 Å². The number of rotatable bonds is 6. The van der Waals surface area contributed by atoms with E-state index in [9.17, 15) is 5.11 Å². The van der Waals surface area contributed by atoms with Crippen molar-refractivity contribution in [1.82, 2.24) is 10.2 Å². The molecule has 4 heteroatoms. The van der Waals surface area contributed by atoms with E-state index in [1.807, 2.05) is 0 Å². The lowest BCUT2D eigenvalue weighted by Crippen LogP contribution is -2.50. The van der Waals surface area contributed by atoms with Gasteiger partial charge in [-0.2, -0.15) is 0 Å². The molecule has 0 bridgehead atoms. The molecule has 2 rings (SSSR count). The molecule has 0 aromatic rings. The highest BCUT2D eigenvalue weighted by atomic mass is 16.5. The maximum atomic E-state index is 10.2. The van der Waals surface area contributed by atoms with Crippen molar-refractivity contribution in [3.05, 3.63) is 0 Å². The van der Waals surface area contributed by atoms with Gasteiger partial charge in [0.1, 0.15) is 0 Å². The third-order valence-electron chi connectivity index (χ3n) is 4.36. The molecule has 0 aromatic carbocycles. The molecule has 0 aromatic heterocycles. The van der Waals surface area contributed by atoms with E-state index in [2.05, 4.69) is 10.2 Å². The largest absolute Gasteiger partial charge is 0.391 e. The lowest BCUT2D eigenvalue weighted by Gasteiger charge is -2.38. The smallest absolute Gasteiger partial charge is 0.0695 e. The van der Waals surface area contributed by atoms with E-state index < -0.39 is 0 Å². The van der Waals surface area contributed by atoms with E-state index in [4.69, 9.17) is 4.74 Å². The Morgan fingerprint density at radius 2 is 2.06 bits per heavy atom. The molecule has 0 amide bonds. The van der Waals surface area contributed by atoms with Crippen molar-refractivity contribution < 1.29 is 9.84 Å². The third kappa shape index (κ3) is 3.92. The van der Waals surface area contributed by atoms with Gasteiger partial charge >= 0.3 is 0 Å². The highest BCUT2D eigenvalue weighted by Crippen LogP contribution is 2.24. The van der Waals surface area contributed by atoms with Crippen LogP contribution in [0.25, 0.3) is 0 Å². The van der Waals surface area contributed by atoms with Gasteiger partial charge in [0.05, 0.1) is 12.7 Å². The van der Waals surface area contributed by atoms with Crippen molar-refractivity contribution in [3.63, 3.8) is 0 Å². The van der Waals surface area contributed by atoms with E-state index in [-0.39, 0.29) is 6.10 Å². The standard InChI is InChI=1S/C14H28N2O2/c1-18-10-9-16(11-12-5-4-8-15-12)13-6-2-3-7-14(13)17/h12-15,17H,2-11H2,1H3. The molecule has 3 unspecified atom stereocenters. The van der Waals surface area contributed by atoms with Crippen LogP contribution < -0.4 is 5.32 Å². The van der Waals surface area contributed by atoms with Crippen LogP contribution in [0.2, 0.25) is 0 Å². The summed E-state index contributed by atoms with van der Waals surface area (Å²) in [6.07, 6.45) is 6.95. The summed E-state index contributed by atoms with van der Waals surface area (Å²) in [5, 5.41) is 13.8. The quantitative estimate of drug-likeness (QED) is 0.744. The fraction of sp³-hybridized carbons (Fsp3) is 1.00. The Bertz CT molecular complexity index is 232. The van der Waals surface area contributed by atoms with Crippen LogP contribution in [0.15, 0.2) is 0 Å². The monoisotopic (exact) mass is 256 g/mol. The maximum Gasteiger partial charge on any atom is 0.0695 e. The number of methoxy groups -OCH3 is 1. The Labute approximate surface area is 111 Å². The van der Waals surface area contributed by atoms with Crippen molar-refractivity contribution in [1.29, 1.82) is 0 Å². The Kier molecular flexibility index (Phi) is 5.89. The number of hydrogen-bond acceptors (Lipinski definition) is 4. The Hall–Kier alpha value is -0.160. The van der Waals surface area contributed by atoms with Crippen LogP contribution in [-0.2, 0) is 4.74 Å². The van der Waals surface area contributed by atoms with E-state index >= 15 is 0 Å². The number of aliphatic hydroxyl groups excluding tert-OH is 1. The first-order chi connectivity index (χ1) is 8.81. The fourth-order valence-corrected chi connectivity index (χ4v) is 3.31. The highest BCUT2D eigenvalue weighted by Gasteiger charge is 2.30. The zero-order chi connectivity index (χ0) is 12.8.